The molecule has 0 bridgehead atoms. The van der Waals surface area contributed by atoms with Crippen LogP contribution in [0.5, 0.6) is 0 Å². The normalized spacial score (nSPS) is 11.8. The molecule has 1 amide bonds. The summed E-state index contributed by atoms with van der Waals surface area (Å²) in [4.78, 5) is 32.2. The Morgan fingerprint density at radius 2 is 1.83 bits per heavy atom. The minimum absolute atomic E-state index is 0.0143. The molecular formula is C12H21NO5. The minimum atomic E-state index is -1.14. The van der Waals surface area contributed by atoms with Crippen LogP contribution >= 0.6 is 0 Å². The molecule has 1 atom stereocenters. The Bertz CT molecular complexity index is 267. The van der Waals surface area contributed by atoms with E-state index in [0.29, 0.717) is 12.8 Å². The van der Waals surface area contributed by atoms with Crippen molar-refractivity contribution in [1.29, 1.82) is 0 Å². The fraction of sp³-hybridized carbons (Fsp3) is 0.750. The number of carbonyl (C=O) groups is 3. The average Bonchev–Trinajstić information content (AvgIpc) is 2.33. The van der Waals surface area contributed by atoms with Gasteiger partial charge in [0.1, 0.15) is 12.3 Å². The molecule has 0 aliphatic carbocycles. The molecule has 0 fully saturated rings. The Labute approximate surface area is 106 Å². The van der Waals surface area contributed by atoms with Crippen molar-refractivity contribution in [1.82, 2.24) is 5.32 Å². The minimum Gasteiger partial charge on any atom is -0.480 e. The summed E-state index contributed by atoms with van der Waals surface area (Å²) < 4.78 is 0. The van der Waals surface area contributed by atoms with Gasteiger partial charge in [0.15, 0.2) is 0 Å². The summed E-state index contributed by atoms with van der Waals surface area (Å²) >= 11 is 0. The van der Waals surface area contributed by atoms with Crippen LogP contribution in [0.4, 0.5) is 0 Å². The van der Waals surface area contributed by atoms with Crippen molar-refractivity contribution in [3.05, 3.63) is 0 Å². The van der Waals surface area contributed by atoms with Crippen LogP contribution in [-0.4, -0.2) is 41.0 Å². The first-order valence-corrected chi connectivity index (χ1v) is 6.18. The van der Waals surface area contributed by atoms with Gasteiger partial charge in [-0.15, -0.1) is 0 Å². The first-order valence-electron chi connectivity index (χ1n) is 6.18. The molecule has 0 radical (unpaired) electrons. The number of nitrogens with one attached hydrogen (secondary N) is 1. The van der Waals surface area contributed by atoms with Crippen LogP contribution in [0, 0.1) is 0 Å². The predicted octanol–water partition coefficient (Wildman–Crippen LogP) is 0.478. The summed E-state index contributed by atoms with van der Waals surface area (Å²) in [6.07, 6.45) is 4.95. The van der Waals surface area contributed by atoms with E-state index in [4.69, 9.17) is 10.2 Å². The standard InChI is InChI=1S/C12H21NO5/c14-8-5-3-1-2-4-6-11(16)13-10(7-9-15)12(17)18/h8,10,15H,1-7,9H2,(H,13,16)(H,17,18)/t10-/m0/s1. The van der Waals surface area contributed by atoms with Crippen LogP contribution in [0.3, 0.4) is 0 Å². The van der Waals surface area contributed by atoms with E-state index in [2.05, 4.69) is 5.32 Å². The molecule has 104 valence electrons. The number of amides is 1. The van der Waals surface area contributed by atoms with E-state index in [1.165, 1.54) is 0 Å². The molecule has 3 N–H and O–H groups in total. The number of aliphatic carboxylic acids is 1. The van der Waals surface area contributed by atoms with E-state index in [0.717, 1.165) is 25.5 Å². The summed E-state index contributed by atoms with van der Waals surface area (Å²) in [6, 6.07) is -1.02. The van der Waals surface area contributed by atoms with Crippen molar-refractivity contribution in [2.45, 2.75) is 51.0 Å². The van der Waals surface area contributed by atoms with Gasteiger partial charge in [0.05, 0.1) is 0 Å². The second-order valence-electron chi connectivity index (χ2n) is 4.09. The van der Waals surface area contributed by atoms with Crippen molar-refractivity contribution in [3.63, 3.8) is 0 Å². The maximum atomic E-state index is 11.4. The summed E-state index contributed by atoms with van der Waals surface area (Å²) in [6.45, 7) is -0.275. The Morgan fingerprint density at radius 1 is 1.17 bits per heavy atom. The second kappa shape index (κ2) is 10.7. The summed E-state index contributed by atoms with van der Waals surface area (Å²) in [5.41, 5.74) is 0. The van der Waals surface area contributed by atoms with Crippen molar-refractivity contribution < 1.29 is 24.6 Å². The molecule has 0 saturated heterocycles. The van der Waals surface area contributed by atoms with Gasteiger partial charge in [-0.25, -0.2) is 4.79 Å². The van der Waals surface area contributed by atoms with Gasteiger partial charge >= 0.3 is 5.97 Å². The molecule has 6 nitrogen and oxygen atoms in total. The maximum absolute atomic E-state index is 11.4. The highest BCUT2D eigenvalue weighted by Crippen LogP contribution is 2.04. The molecular weight excluding hydrogens is 238 g/mol. The van der Waals surface area contributed by atoms with Crippen LogP contribution in [0.25, 0.3) is 0 Å². The second-order valence-corrected chi connectivity index (χ2v) is 4.09. The van der Waals surface area contributed by atoms with E-state index < -0.39 is 12.0 Å². The molecule has 0 aliphatic heterocycles. The monoisotopic (exact) mass is 259 g/mol. The zero-order valence-corrected chi connectivity index (χ0v) is 10.4. The van der Waals surface area contributed by atoms with Gasteiger partial charge in [0.25, 0.3) is 0 Å². The molecule has 0 rings (SSSR count). The average molecular weight is 259 g/mol. The lowest BCUT2D eigenvalue weighted by atomic mass is 10.1. The maximum Gasteiger partial charge on any atom is 0.326 e. The summed E-state index contributed by atoms with van der Waals surface area (Å²) in [7, 11) is 0. The van der Waals surface area contributed by atoms with Gasteiger partial charge in [-0.3, -0.25) is 4.79 Å². The number of carbonyl (C=O) groups excluding carboxylic acids is 2. The zero-order valence-electron chi connectivity index (χ0n) is 10.4. The summed E-state index contributed by atoms with van der Waals surface area (Å²) in [5, 5.41) is 19.8. The van der Waals surface area contributed by atoms with Gasteiger partial charge in [0.2, 0.25) is 5.91 Å². The highest BCUT2D eigenvalue weighted by atomic mass is 16.4. The number of hydrogen-bond acceptors (Lipinski definition) is 4. The Morgan fingerprint density at radius 3 is 2.39 bits per heavy atom. The van der Waals surface area contributed by atoms with Crippen LogP contribution in [0.1, 0.15) is 44.9 Å². The molecule has 6 heteroatoms. The number of carboxylic acid groups (broad SMARTS) is 1. The number of rotatable bonds is 11. The van der Waals surface area contributed by atoms with Crippen molar-refractivity contribution >= 4 is 18.2 Å². The van der Waals surface area contributed by atoms with Crippen molar-refractivity contribution in [2.75, 3.05) is 6.61 Å². The van der Waals surface area contributed by atoms with E-state index in [-0.39, 0.29) is 25.4 Å². The molecule has 0 aromatic rings. The first-order chi connectivity index (χ1) is 8.61. The predicted molar refractivity (Wildman–Crippen MR) is 65.0 cm³/mol. The molecule has 0 unspecified atom stereocenters. The van der Waals surface area contributed by atoms with Crippen molar-refractivity contribution in [3.8, 4) is 0 Å². The van der Waals surface area contributed by atoms with E-state index >= 15 is 0 Å². The Balaban J connectivity index is 3.68. The third kappa shape index (κ3) is 8.69. The number of aliphatic hydroxyl groups excluding tert-OH is 1. The highest BCUT2D eigenvalue weighted by Gasteiger charge is 2.18. The largest absolute Gasteiger partial charge is 0.480 e. The van der Waals surface area contributed by atoms with E-state index in [9.17, 15) is 14.4 Å². The lowest BCUT2D eigenvalue weighted by molar-refractivity contribution is -0.142. The molecule has 18 heavy (non-hydrogen) atoms. The van der Waals surface area contributed by atoms with Gasteiger partial charge in [0, 0.05) is 25.9 Å². The topological polar surface area (TPSA) is 104 Å². The van der Waals surface area contributed by atoms with Crippen LogP contribution in [-0.2, 0) is 14.4 Å². The lowest BCUT2D eigenvalue weighted by Crippen LogP contribution is -2.41. The molecule has 0 aromatic carbocycles. The van der Waals surface area contributed by atoms with Crippen molar-refractivity contribution in [2.24, 2.45) is 0 Å². The molecule has 0 spiro atoms. The first kappa shape index (κ1) is 16.6. The van der Waals surface area contributed by atoms with Gasteiger partial charge in [-0.05, 0) is 12.8 Å². The number of unbranched alkanes of at least 4 members (excludes halogenated alkanes) is 4. The number of carboxylic acids is 1. The third-order valence-corrected chi connectivity index (χ3v) is 2.53. The molecule has 0 aromatic heterocycles. The van der Waals surface area contributed by atoms with Crippen LogP contribution < -0.4 is 5.32 Å². The van der Waals surface area contributed by atoms with Crippen LogP contribution in [0.15, 0.2) is 0 Å². The van der Waals surface area contributed by atoms with Gasteiger partial charge in [-0.1, -0.05) is 12.8 Å². The van der Waals surface area contributed by atoms with E-state index in [1.807, 2.05) is 0 Å². The fourth-order valence-corrected chi connectivity index (χ4v) is 1.52. The fourth-order valence-electron chi connectivity index (χ4n) is 1.52. The Kier molecular flexibility index (Phi) is 9.86. The molecule has 0 aliphatic rings. The highest BCUT2D eigenvalue weighted by molar-refractivity contribution is 5.83. The number of aliphatic hydroxyl groups is 1. The van der Waals surface area contributed by atoms with Crippen LogP contribution in [0.2, 0.25) is 0 Å². The smallest absolute Gasteiger partial charge is 0.326 e. The quantitative estimate of drug-likeness (QED) is 0.370. The third-order valence-electron chi connectivity index (χ3n) is 2.53. The SMILES string of the molecule is O=CCCCCCCC(=O)N[C@@H](CCO)C(=O)O. The lowest BCUT2D eigenvalue weighted by Gasteiger charge is -2.12. The zero-order chi connectivity index (χ0) is 13.8. The van der Waals surface area contributed by atoms with Gasteiger partial charge in [-0.2, -0.15) is 0 Å². The molecule has 0 heterocycles. The van der Waals surface area contributed by atoms with Gasteiger partial charge < -0.3 is 20.3 Å². The molecule has 0 saturated carbocycles. The number of aldehydes is 1. The number of hydrogen-bond donors (Lipinski definition) is 3. The summed E-state index contributed by atoms with van der Waals surface area (Å²) in [5.74, 6) is -1.45. The van der Waals surface area contributed by atoms with E-state index in [1.54, 1.807) is 0 Å². The Hall–Kier alpha value is -1.43.